The second-order valence-corrected chi connectivity index (χ2v) is 7.33. The Labute approximate surface area is 155 Å². The normalized spacial score (nSPS) is 16.1. The van der Waals surface area contributed by atoms with Crippen molar-refractivity contribution in [1.82, 2.24) is 10.3 Å². The molecule has 0 fully saturated rings. The molecule has 0 saturated heterocycles. The molecule has 1 N–H and O–H groups in total. The molecule has 5 rings (SSSR count). The lowest BCUT2D eigenvalue weighted by molar-refractivity contribution is -0.137. The summed E-state index contributed by atoms with van der Waals surface area (Å²) in [5, 5.41) is 3.03. The molecule has 0 spiro atoms. The number of carbonyl (C=O) groups excluding carboxylic acids is 1. The van der Waals surface area contributed by atoms with E-state index in [1.807, 2.05) is 12.1 Å². The van der Waals surface area contributed by atoms with Crippen LogP contribution in [0.4, 0.5) is 28.8 Å². The third kappa shape index (κ3) is 2.53. The number of thiazole rings is 1. The fraction of sp³-hybridized carbons (Fsp3) is 0.222. The Hall–Kier alpha value is -2.81. The summed E-state index contributed by atoms with van der Waals surface area (Å²) in [4.78, 5) is 18.3. The number of fused-ring (bicyclic) bond motifs is 4. The molecule has 138 valence electrons. The summed E-state index contributed by atoms with van der Waals surface area (Å²) in [5.74, 6) is 0.766. The molecule has 3 aromatic rings. The highest BCUT2D eigenvalue weighted by Crippen LogP contribution is 2.42. The molecule has 0 radical (unpaired) electrons. The van der Waals surface area contributed by atoms with Crippen LogP contribution in [-0.4, -0.2) is 17.6 Å². The topological polar surface area (TPSA) is 54.5 Å². The van der Waals surface area contributed by atoms with Crippen LogP contribution in [0.25, 0.3) is 10.2 Å². The van der Waals surface area contributed by atoms with E-state index in [0.29, 0.717) is 17.3 Å². The molecule has 2 aliphatic rings. The SMILES string of the molecule is O=C1NCc2ccc(C(F)(F)F)cc2N1c1nc2c3c(ccc2s1)OCC3. The molecule has 9 heteroatoms. The van der Waals surface area contributed by atoms with E-state index in [1.54, 1.807) is 0 Å². The zero-order chi connectivity index (χ0) is 18.8. The summed E-state index contributed by atoms with van der Waals surface area (Å²) in [6, 6.07) is 6.65. The number of hydrogen-bond donors (Lipinski definition) is 1. The number of urea groups is 1. The molecule has 5 nitrogen and oxygen atoms in total. The van der Waals surface area contributed by atoms with Crippen LogP contribution in [0, 0.1) is 0 Å². The maximum atomic E-state index is 13.2. The van der Waals surface area contributed by atoms with Crippen molar-refractivity contribution in [2.75, 3.05) is 11.5 Å². The quantitative estimate of drug-likeness (QED) is 0.659. The van der Waals surface area contributed by atoms with Crippen molar-refractivity contribution in [2.45, 2.75) is 19.1 Å². The maximum absolute atomic E-state index is 13.2. The van der Waals surface area contributed by atoms with Crippen molar-refractivity contribution in [3.8, 4) is 5.75 Å². The highest BCUT2D eigenvalue weighted by molar-refractivity contribution is 7.22. The first-order valence-electron chi connectivity index (χ1n) is 8.25. The van der Waals surface area contributed by atoms with E-state index in [0.717, 1.165) is 40.1 Å². The molecule has 2 amide bonds. The molecular weight excluding hydrogens is 379 g/mol. The Kier molecular flexibility index (Phi) is 3.39. The number of halogens is 3. The second kappa shape index (κ2) is 5.59. The van der Waals surface area contributed by atoms with Gasteiger partial charge in [-0.15, -0.1) is 0 Å². The largest absolute Gasteiger partial charge is 0.493 e. The molecular formula is C18H12F3N3O2S. The van der Waals surface area contributed by atoms with E-state index in [9.17, 15) is 18.0 Å². The first-order valence-corrected chi connectivity index (χ1v) is 9.07. The van der Waals surface area contributed by atoms with Gasteiger partial charge >= 0.3 is 12.2 Å². The zero-order valence-electron chi connectivity index (χ0n) is 13.8. The summed E-state index contributed by atoms with van der Waals surface area (Å²) >= 11 is 1.27. The van der Waals surface area contributed by atoms with E-state index in [1.165, 1.54) is 22.3 Å². The fourth-order valence-corrected chi connectivity index (χ4v) is 4.41. The lowest BCUT2D eigenvalue weighted by Crippen LogP contribution is -2.41. The number of aromatic nitrogens is 1. The number of benzene rings is 2. The van der Waals surface area contributed by atoms with Crippen LogP contribution in [0.2, 0.25) is 0 Å². The number of hydrogen-bond acceptors (Lipinski definition) is 4. The summed E-state index contributed by atoms with van der Waals surface area (Å²) in [5.41, 5.74) is 1.72. The Morgan fingerprint density at radius 1 is 1.22 bits per heavy atom. The standard InChI is InChI=1S/C18H12F3N3O2S/c19-18(20,21)10-2-1-9-8-22-16(25)24(12(9)7-10)17-23-15-11-5-6-26-13(11)3-4-14(15)27-17/h1-4,7H,5-6,8H2,(H,22,25). The molecule has 3 heterocycles. The first-order chi connectivity index (χ1) is 12.9. The van der Waals surface area contributed by atoms with Gasteiger partial charge in [0, 0.05) is 18.5 Å². The van der Waals surface area contributed by atoms with Crippen molar-refractivity contribution < 1.29 is 22.7 Å². The van der Waals surface area contributed by atoms with Gasteiger partial charge in [0.1, 0.15) is 5.75 Å². The molecule has 2 aliphatic heterocycles. The summed E-state index contributed by atoms with van der Waals surface area (Å²) in [6.07, 6.45) is -3.77. The highest BCUT2D eigenvalue weighted by Gasteiger charge is 2.35. The average molecular weight is 391 g/mol. The predicted molar refractivity (Wildman–Crippen MR) is 94.6 cm³/mol. The van der Waals surface area contributed by atoms with Crippen LogP contribution >= 0.6 is 11.3 Å². The van der Waals surface area contributed by atoms with Crippen molar-refractivity contribution >= 4 is 38.4 Å². The van der Waals surface area contributed by atoms with Gasteiger partial charge in [-0.05, 0) is 29.8 Å². The average Bonchev–Trinajstić information content (AvgIpc) is 3.26. The minimum absolute atomic E-state index is 0.178. The molecule has 2 aromatic carbocycles. The van der Waals surface area contributed by atoms with Crippen LogP contribution in [-0.2, 0) is 19.1 Å². The van der Waals surface area contributed by atoms with Gasteiger partial charge in [-0.3, -0.25) is 0 Å². The number of alkyl halides is 3. The number of ether oxygens (including phenoxy) is 1. The van der Waals surface area contributed by atoms with Crippen molar-refractivity contribution in [3.63, 3.8) is 0 Å². The van der Waals surface area contributed by atoms with Gasteiger partial charge in [-0.2, -0.15) is 13.2 Å². The Bertz CT molecular complexity index is 1090. The van der Waals surface area contributed by atoms with Crippen LogP contribution in [0.15, 0.2) is 30.3 Å². The van der Waals surface area contributed by atoms with Gasteiger partial charge in [0.05, 0.1) is 28.1 Å². The van der Waals surface area contributed by atoms with Crippen LogP contribution < -0.4 is 15.0 Å². The summed E-state index contributed by atoms with van der Waals surface area (Å²) in [7, 11) is 0. The Balaban J connectivity index is 1.67. The summed E-state index contributed by atoms with van der Waals surface area (Å²) < 4.78 is 45.9. The first kappa shape index (κ1) is 16.4. The lowest BCUT2D eigenvalue weighted by atomic mass is 10.1. The third-order valence-corrected chi connectivity index (χ3v) is 5.70. The van der Waals surface area contributed by atoms with Crippen LogP contribution in [0.3, 0.4) is 0 Å². The van der Waals surface area contributed by atoms with E-state index in [4.69, 9.17) is 4.74 Å². The minimum Gasteiger partial charge on any atom is -0.493 e. The van der Waals surface area contributed by atoms with Crippen LogP contribution in [0.5, 0.6) is 5.75 Å². The zero-order valence-corrected chi connectivity index (χ0v) is 14.6. The van der Waals surface area contributed by atoms with Gasteiger partial charge in [0.25, 0.3) is 0 Å². The fourth-order valence-electron chi connectivity index (χ4n) is 3.40. The highest BCUT2D eigenvalue weighted by atomic mass is 32.1. The minimum atomic E-state index is -4.49. The van der Waals surface area contributed by atoms with E-state index < -0.39 is 17.8 Å². The molecule has 0 saturated carbocycles. The second-order valence-electron chi connectivity index (χ2n) is 6.32. The smallest absolute Gasteiger partial charge is 0.416 e. The molecule has 0 aliphatic carbocycles. The lowest BCUT2D eigenvalue weighted by Gasteiger charge is -2.28. The van der Waals surface area contributed by atoms with E-state index in [-0.39, 0.29) is 12.2 Å². The van der Waals surface area contributed by atoms with Gasteiger partial charge in [0.15, 0.2) is 5.13 Å². The van der Waals surface area contributed by atoms with Gasteiger partial charge in [-0.1, -0.05) is 17.4 Å². The number of anilines is 2. The van der Waals surface area contributed by atoms with Gasteiger partial charge in [-0.25, -0.2) is 14.7 Å². The number of nitrogens with one attached hydrogen (secondary N) is 1. The van der Waals surface area contributed by atoms with Gasteiger partial charge in [0.2, 0.25) is 0 Å². The molecule has 0 bridgehead atoms. The monoisotopic (exact) mass is 391 g/mol. The van der Waals surface area contributed by atoms with Crippen molar-refractivity contribution in [2.24, 2.45) is 0 Å². The molecule has 0 atom stereocenters. The Morgan fingerprint density at radius 2 is 2.07 bits per heavy atom. The number of rotatable bonds is 1. The molecule has 1 aromatic heterocycles. The maximum Gasteiger partial charge on any atom is 0.416 e. The van der Waals surface area contributed by atoms with Crippen LogP contribution in [0.1, 0.15) is 16.7 Å². The number of carbonyl (C=O) groups is 1. The van der Waals surface area contributed by atoms with E-state index in [2.05, 4.69) is 10.3 Å². The van der Waals surface area contributed by atoms with Crippen molar-refractivity contribution in [3.05, 3.63) is 47.0 Å². The molecule has 0 unspecified atom stereocenters. The van der Waals surface area contributed by atoms with E-state index >= 15 is 0 Å². The van der Waals surface area contributed by atoms with Gasteiger partial charge < -0.3 is 10.1 Å². The van der Waals surface area contributed by atoms with Crippen molar-refractivity contribution in [1.29, 1.82) is 0 Å². The molecule has 27 heavy (non-hydrogen) atoms. The number of nitrogens with zero attached hydrogens (tertiary/aromatic N) is 2. The third-order valence-electron chi connectivity index (χ3n) is 4.70. The predicted octanol–water partition coefficient (Wildman–Crippen LogP) is 4.61. The number of amides is 2. The Morgan fingerprint density at radius 3 is 2.89 bits per heavy atom. The summed E-state index contributed by atoms with van der Waals surface area (Å²) in [6.45, 7) is 0.750.